The van der Waals surface area contributed by atoms with Gasteiger partial charge in [-0.05, 0) is 6.42 Å². The largest absolute Gasteiger partial charge is 1.00 e. The molecule has 44 heavy (non-hydrogen) atoms. The third-order valence-corrected chi connectivity index (χ3v) is 8.28. The van der Waals surface area contributed by atoms with E-state index in [9.17, 15) is 40.5 Å². The van der Waals surface area contributed by atoms with E-state index in [2.05, 4.69) is 6.92 Å². The summed E-state index contributed by atoms with van der Waals surface area (Å²) in [5.74, 6) is -2.76. The fraction of sp³-hybridized carbons (Fsp3) is 0.967. The number of unbranched alkanes of at least 4 members (excludes halogenated alkanes) is 14. The third kappa shape index (κ3) is 14.0. The Balaban J connectivity index is 0. The van der Waals surface area contributed by atoms with Crippen molar-refractivity contribution in [3.63, 3.8) is 0 Å². The molecule has 0 unspecified atom stereocenters. The molecule has 0 amide bonds. The molecule has 0 spiro atoms. The molecule has 2 saturated heterocycles. The number of hydrogen-bond acceptors (Lipinski definition) is 12. The van der Waals surface area contributed by atoms with Gasteiger partial charge in [-0.15, -0.1) is 0 Å². The van der Waals surface area contributed by atoms with Crippen LogP contribution in [0.5, 0.6) is 0 Å². The smallest absolute Gasteiger partial charge is 1.00 e. The number of hydrogen-bond donors (Lipinski definition) is 7. The number of carbonyl (C=O) groups excluding carboxylic acids is 1. The summed E-state index contributed by atoms with van der Waals surface area (Å²) in [6, 6.07) is 0. The van der Waals surface area contributed by atoms with E-state index in [1.54, 1.807) is 0 Å². The Kier molecular flexibility index (Phi) is 24.2. The van der Waals surface area contributed by atoms with Gasteiger partial charge in [0.15, 0.2) is 6.29 Å². The van der Waals surface area contributed by atoms with E-state index >= 15 is 0 Å². The Morgan fingerprint density at radius 2 is 1.23 bits per heavy atom. The van der Waals surface area contributed by atoms with E-state index in [0.29, 0.717) is 6.42 Å². The van der Waals surface area contributed by atoms with Crippen molar-refractivity contribution in [3.05, 3.63) is 0 Å². The van der Waals surface area contributed by atoms with E-state index in [-0.39, 0.29) is 42.9 Å². The van der Waals surface area contributed by atoms with Crippen molar-refractivity contribution < 1.29 is 95.9 Å². The van der Waals surface area contributed by atoms with Gasteiger partial charge in [-0.25, -0.2) is 0 Å². The molecule has 0 aromatic heterocycles. The first-order valence-electron chi connectivity index (χ1n) is 16.0. The van der Waals surface area contributed by atoms with Gasteiger partial charge in [0.1, 0.15) is 55.9 Å². The molecule has 2 aliphatic rings. The second kappa shape index (κ2) is 24.2. The number of rotatable bonds is 22. The molecule has 14 heteroatoms. The number of aliphatic hydroxyl groups is 7. The molecule has 0 bridgehead atoms. The fourth-order valence-electron chi connectivity index (χ4n) is 5.51. The molecule has 0 aromatic rings. The van der Waals surface area contributed by atoms with Crippen molar-refractivity contribution in [1.82, 2.24) is 0 Å². The molecule has 9 atom stereocenters. The topological polar surface area (TPSA) is 227 Å². The monoisotopic (exact) mass is 650 g/mol. The van der Waals surface area contributed by atoms with E-state index in [0.717, 1.165) is 19.3 Å². The Bertz CT molecular complexity index is 742. The van der Waals surface area contributed by atoms with E-state index in [1.807, 2.05) is 0 Å². The number of carbonyl (C=O) groups is 1. The van der Waals surface area contributed by atoms with Crippen LogP contribution in [0.1, 0.15) is 111 Å². The first-order chi connectivity index (χ1) is 20.2. The molecule has 2 heterocycles. The molecular formula is C30H59NaO13. The minimum absolute atomic E-state index is 0. The third-order valence-electron chi connectivity index (χ3n) is 8.28. The van der Waals surface area contributed by atoms with Gasteiger partial charge in [0.2, 0.25) is 5.79 Å². The van der Waals surface area contributed by atoms with Gasteiger partial charge in [-0.2, -0.15) is 0 Å². The first-order valence-corrected chi connectivity index (χ1v) is 16.0. The van der Waals surface area contributed by atoms with Crippen molar-refractivity contribution in [2.75, 3.05) is 19.8 Å². The predicted molar refractivity (Wildman–Crippen MR) is 157 cm³/mol. The van der Waals surface area contributed by atoms with E-state index in [4.69, 9.17) is 18.9 Å². The first kappa shape index (κ1) is 44.0. The van der Waals surface area contributed by atoms with E-state index in [1.165, 1.54) is 70.6 Å². The molecule has 0 aliphatic carbocycles. The van der Waals surface area contributed by atoms with Crippen LogP contribution in [-0.4, -0.2) is 122 Å². The summed E-state index contributed by atoms with van der Waals surface area (Å²) in [6.07, 6.45) is 5.52. The quantitative estimate of drug-likeness (QED) is 0.0373. The Labute approximate surface area is 285 Å². The molecule has 2 rings (SSSR count). The van der Waals surface area contributed by atoms with Crippen LogP contribution < -0.4 is 29.6 Å². The van der Waals surface area contributed by atoms with Gasteiger partial charge >= 0.3 is 35.5 Å². The molecule has 9 N–H and O–H groups in total. The van der Waals surface area contributed by atoms with Crippen molar-refractivity contribution in [3.8, 4) is 0 Å². The number of esters is 1. The van der Waals surface area contributed by atoms with Crippen LogP contribution >= 0.6 is 0 Å². The molecule has 0 saturated carbocycles. The van der Waals surface area contributed by atoms with Gasteiger partial charge in [-0.1, -0.05) is 96.8 Å². The van der Waals surface area contributed by atoms with Crippen LogP contribution in [0.25, 0.3) is 0 Å². The van der Waals surface area contributed by atoms with Crippen molar-refractivity contribution in [2.24, 2.45) is 0 Å². The second-order valence-electron chi connectivity index (χ2n) is 11.8. The number of ether oxygens (including phenoxy) is 4. The Morgan fingerprint density at radius 3 is 1.68 bits per heavy atom. The van der Waals surface area contributed by atoms with Gasteiger partial charge < -0.3 is 61.6 Å². The van der Waals surface area contributed by atoms with Gasteiger partial charge in [0.05, 0.1) is 6.61 Å². The predicted octanol–water partition coefficient (Wildman–Crippen LogP) is -2.29. The molecular weight excluding hydrogens is 591 g/mol. The summed E-state index contributed by atoms with van der Waals surface area (Å²) >= 11 is 0. The zero-order valence-corrected chi connectivity index (χ0v) is 28.7. The SMILES string of the molecule is CCCCCCCCCCCCCCCCCC(=O)OC[C@H]1O[C@H](O[C@]2(CO)O[C@H](CO)[C@@H](O)[C@@H]2O)[C@H](O)[C@@H](O)[C@@H]1O.O.[H-].[Na+]. The number of aliphatic hydroxyl groups excluding tert-OH is 7. The van der Waals surface area contributed by atoms with Gasteiger partial charge in [0.25, 0.3) is 0 Å². The van der Waals surface area contributed by atoms with Crippen LogP contribution in [0.2, 0.25) is 0 Å². The normalized spacial score (nSPS) is 31.7. The maximum Gasteiger partial charge on any atom is 1.00 e. The van der Waals surface area contributed by atoms with Crippen LogP contribution in [0.3, 0.4) is 0 Å². The summed E-state index contributed by atoms with van der Waals surface area (Å²) in [6.45, 7) is 0.146. The second-order valence-corrected chi connectivity index (χ2v) is 11.8. The van der Waals surface area contributed by atoms with Crippen molar-refractivity contribution in [2.45, 2.75) is 164 Å². The molecule has 258 valence electrons. The van der Waals surface area contributed by atoms with Gasteiger partial charge in [0, 0.05) is 6.42 Å². The van der Waals surface area contributed by atoms with Crippen molar-refractivity contribution in [1.29, 1.82) is 0 Å². The molecule has 13 nitrogen and oxygen atoms in total. The average Bonchev–Trinajstić information content (AvgIpc) is 3.23. The summed E-state index contributed by atoms with van der Waals surface area (Å²) in [5, 5.41) is 70.5. The van der Waals surface area contributed by atoms with E-state index < -0.39 is 80.6 Å². The minimum Gasteiger partial charge on any atom is -1.00 e. The molecule has 0 radical (unpaired) electrons. The van der Waals surface area contributed by atoms with Crippen LogP contribution in [0, 0.1) is 0 Å². The Morgan fingerprint density at radius 1 is 0.727 bits per heavy atom. The zero-order valence-electron chi connectivity index (χ0n) is 27.7. The minimum atomic E-state index is -2.27. The summed E-state index contributed by atoms with van der Waals surface area (Å²) in [7, 11) is 0. The zero-order chi connectivity index (χ0) is 31.0. The fourth-order valence-corrected chi connectivity index (χ4v) is 5.51. The van der Waals surface area contributed by atoms with Gasteiger partial charge in [-0.3, -0.25) is 4.79 Å². The van der Waals surface area contributed by atoms with Crippen molar-refractivity contribution >= 4 is 5.97 Å². The molecule has 2 fully saturated rings. The average molecular weight is 651 g/mol. The maximum atomic E-state index is 12.2. The molecule has 0 aromatic carbocycles. The van der Waals surface area contributed by atoms with Crippen LogP contribution in [0.4, 0.5) is 0 Å². The molecule has 2 aliphatic heterocycles. The Hall–Kier alpha value is 0.0300. The summed E-state index contributed by atoms with van der Waals surface area (Å²) in [4.78, 5) is 12.2. The standard InChI is InChI=1S/C30H56O12.Na.H2O.H/c1-2-3-4-5-6-7-8-9-10-11-12-13-14-15-16-17-23(33)39-19-22-24(34)26(36)27(37)29(40-22)42-30(20-32)28(38)25(35)21(18-31)41-30;;;/h21-22,24-29,31-32,34-38H,2-20H2,1H3;;1H2;/q;+1;;-1/t21-,22-,24-,25-,26+,27-,28+,29-,30+;;;/m1.../s1. The van der Waals surface area contributed by atoms with Crippen LogP contribution in [-0.2, 0) is 23.7 Å². The van der Waals surface area contributed by atoms with Crippen LogP contribution in [0.15, 0.2) is 0 Å². The maximum absolute atomic E-state index is 12.2. The summed E-state index contributed by atoms with van der Waals surface area (Å²) < 4.78 is 21.5. The summed E-state index contributed by atoms with van der Waals surface area (Å²) in [5.41, 5.74) is 0.